The third kappa shape index (κ3) is 2.79. The molecule has 0 atom stereocenters. The van der Waals surface area contributed by atoms with Gasteiger partial charge >= 0.3 is 0 Å². The van der Waals surface area contributed by atoms with Crippen molar-refractivity contribution < 1.29 is 4.39 Å². The van der Waals surface area contributed by atoms with Crippen molar-refractivity contribution in [2.75, 3.05) is 0 Å². The van der Waals surface area contributed by atoms with Gasteiger partial charge in [0.25, 0.3) is 0 Å². The summed E-state index contributed by atoms with van der Waals surface area (Å²) >= 11 is 2.22. The number of halogens is 2. The summed E-state index contributed by atoms with van der Waals surface area (Å²) in [4.78, 5) is 12.9. The highest BCUT2D eigenvalue weighted by atomic mass is 127. The summed E-state index contributed by atoms with van der Waals surface area (Å²) in [6.45, 7) is 0.0340. The highest BCUT2D eigenvalue weighted by molar-refractivity contribution is 14.1. The van der Waals surface area contributed by atoms with Gasteiger partial charge in [-0.3, -0.25) is 9.55 Å². The van der Waals surface area contributed by atoms with Gasteiger partial charge in [-0.25, -0.2) is 14.4 Å². The van der Waals surface area contributed by atoms with Crippen LogP contribution in [0.15, 0.2) is 55.4 Å². The summed E-state index contributed by atoms with van der Waals surface area (Å²) in [5.74, 6) is 0.592. The molecular formula is C17H13FIN5. The van der Waals surface area contributed by atoms with E-state index in [9.17, 15) is 4.39 Å². The first-order chi connectivity index (χ1) is 11.7. The predicted octanol–water partition coefficient (Wildman–Crippen LogP) is 3.87. The second-order valence-corrected chi connectivity index (χ2v) is 6.68. The van der Waals surface area contributed by atoms with E-state index in [1.807, 2.05) is 35.0 Å². The van der Waals surface area contributed by atoms with Gasteiger partial charge in [-0.2, -0.15) is 0 Å². The summed E-state index contributed by atoms with van der Waals surface area (Å²) in [5.41, 5.74) is 3.39. The summed E-state index contributed by atoms with van der Waals surface area (Å²) in [5, 5.41) is 0. The zero-order chi connectivity index (χ0) is 16.5. The van der Waals surface area contributed by atoms with Crippen LogP contribution in [0.1, 0.15) is 5.56 Å². The van der Waals surface area contributed by atoms with Crippen molar-refractivity contribution in [3.63, 3.8) is 0 Å². The number of benzene rings is 1. The van der Waals surface area contributed by atoms with E-state index in [0.717, 1.165) is 25.7 Å². The molecule has 3 heterocycles. The second-order valence-electron chi connectivity index (χ2n) is 5.43. The second kappa shape index (κ2) is 6.31. The number of hydrogen-bond donors (Lipinski definition) is 0. The molecule has 24 heavy (non-hydrogen) atoms. The molecule has 3 aromatic heterocycles. The molecule has 0 radical (unpaired) electrons. The number of hydrogen-bond acceptors (Lipinski definition) is 3. The Morgan fingerprint density at radius 2 is 2.04 bits per heavy atom. The fourth-order valence-electron chi connectivity index (χ4n) is 2.72. The number of alkyl halides is 1. The van der Waals surface area contributed by atoms with Crippen LogP contribution in [0.5, 0.6) is 0 Å². The Morgan fingerprint density at radius 1 is 1.12 bits per heavy atom. The first-order valence-corrected chi connectivity index (χ1v) is 8.44. The summed E-state index contributed by atoms with van der Waals surface area (Å²) < 4.78 is 18.2. The molecule has 0 amide bonds. The molecule has 0 aliphatic rings. The van der Waals surface area contributed by atoms with Gasteiger partial charge in [0.05, 0.1) is 23.9 Å². The number of nitrogens with zero attached hydrogens (tertiary/aromatic N) is 5. The van der Waals surface area contributed by atoms with Crippen LogP contribution in [-0.2, 0) is 13.3 Å². The van der Waals surface area contributed by atoms with Gasteiger partial charge in [0, 0.05) is 33.9 Å². The maximum Gasteiger partial charge on any atom is 0.167 e. The van der Waals surface area contributed by atoms with E-state index in [2.05, 4.69) is 37.5 Å². The fraction of sp³-hybridized carbons (Fsp3) is 0.118. The lowest BCUT2D eigenvalue weighted by molar-refractivity contribution is 0.387. The zero-order valence-electron chi connectivity index (χ0n) is 12.6. The van der Waals surface area contributed by atoms with Gasteiger partial charge in [-0.05, 0) is 52.4 Å². The molecule has 0 unspecified atom stereocenters. The van der Waals surface area contributed by atoms with E-state index in [-0.39, 0.29) is 0 Å². The van der Waals surface area contributed by atoms with Crippen LogP contribution in [0.25, 0.3) is 22.4 Å². The molecule has 4 aromatic rings. The van der Waals surface area contributed by atoms with Gasteiger partial charge in [0.1, 0.15) is 5.82 Å². The molecule has 120 valence electrons. The Morgan fingerprint density at radius 3 is 2.83 bits per heavy atom. The predicted molar refractivity (Wildman–Crippen MR) is 98.1 cm³/mol. The lowest BCUT2D eigenvalue weighted by atomic mass is 10.2. The molecule has 0 saturated heterocycles. The molecular weight excluding hydrogens is 420 g/mol. The van der Waals surface area contributed by atoms with Gasteiger partial charge in [0.2, 0.25) is 0 Å². The van der Waals surface area contributed by atoms with E-state index in [1.165, 1.54) is 0 Å². The highest BCUT2D eigenvalue weighted by Gasteiger charge is 2.13. The largest absolute Gasteiger partial charge is 0.333 e. The van der Waals surface area contributed by atoms with E-state index < -0.39 is 6.80 Å². The molecule has 0 fully saturated rings. The monoisotopic (exact) mass is 433 g/mol. The summed E-state index contributed by atoms with van der Waals surface area (Å²) in [7, 11) is 0. The molecule has 0 aliphatic heterocycles. The van der Waals surface area contributed by atoms with Crippen LogP contribution < -0.4 is 0 Å². The van der Waals surface area contributed by atoms with E-state index in [1.54, 1.807) is 29.5 Å². The third-order valence-corrected chi connectivity index (χ3v) is 4.48. The van der Waals surface area contributed by atoms with Crippen LogP contribution in [-0.4, -0.2) is 24.1 Å². The van der Waals surface area contributed by atoms with Gasteiger partial charge in [-0.1, -0.05) is 0 Å². The molecule has 0 saturated carbocycles. The Balaban J connectivity index is 1.79. The third-order valence-electron chi connectivity index (χ3n) is 3.81. The molecule has 5 nitrogen and oxygen atoms in total. The van der Waals surface area contributed by atoms with Crippen molar-refractivity contribution in [1.29, 1.82) is 0 Å². The maximum absolute atomic E-state index is 13.7. The van der Waals surface area contributed by atoms with Crippen LogP contribution in [0.4, 0.5) is 4.39 Å². The van der Waals surface area contributed by atoms with E-state index in [4.69, 9.17) is 0 Å². The average molecular weight is 433 g/mol. The lowest BCUT2D eigenvalue weighted by Crippen LogP contribution is -2.00. The smallest absolute Gasteiger partial charge is 0.167 e. The number of rotatable bonds is 4. The SMILES string of the molecule is FCn1c(-c2cncc(Cn3ccnc3)c2)nc2ccc(I)cc21. The normalized spacial score (nSPS) is 11.2. The quantitative estimate of drug-likeness (QED) is 0.459. The highest BCUT2D eigenvalue weighted by Crippen LogP contribution is 2.26. The number of aromatic nitrogens is 5. The van der Waals surface area contributed by atoms with Crippen molar-refractivity contribution in [3.8, 4) is 11.4 Å². The van der Waals surface area contributed by atoms with Crippen LogP contribution in [0.3, 0.4) is 0 Å². The van der Waals surface area contributed by atoms with Crippen molar-refractivity contribution >= 4 is 33.6 Å². The molecule has 0 spiro atoms. The Hall–Kier alpha value is -2.29. The van der Waals surface area contributed by atoms with Crippen LogP contribution >= 0.6 is 22.6 Å². The van der Waals surface area contributed by atoms with Crippen molar-refractivity contribution in [3.05, 3.63) is 64.5 Å². The maximum atomic E-state index is 13.7. The van der Waals surface area contributed by atoms with Crippen molar-refractivity contribution in [2.45, 2.75) is 13.3 Å². The topological polar surface area (TPSA) is 48.5 Å². The minimum atomic E-state index is -0.627. The Labute approximate surface area is 151 Å². The zero-order valence-corrected chi connectivity index (χ0v) is 14.8. The number of pyridine rings is 1. The molecule has 1 aromatic carbocycles. The summed E-state index contributed by atoms with van der Waals surface area (Å²) in [6.07, 6.45) is 8.91. The minimum absolute atomic E-state index is 0.592. The van der Waals surface area contributed by atoms with Crippen LogP contribution in [0, 0.1) is 3.57 Å². The van der Waals surface area contributed by atoms with E-state index in [0.29, 0.717) is 12.4 Å². The molecule has 7 heteroatoms. The first-order valence-electron chi connectivity index (χ1n) is 7.36. The minimum Gasteiger partial charge on any atom is -0.333 e. The standard InChI is InChI=1S/C17H13FIN5/c18-10-24-16-6-14(19)1-2-15(16)22-17(24)13-5-12(7-21-8-13)9-23-4-3-20-11-23/h1-8,11H,9-10H2. The van der Waals surface area contributed by atoms with Gasteiger partial charge in [0.15, 0.2) is 6.80 Å². The molecule has 0 aliphatic carbocycles. The summed E-state index contributed by atoms with van der Waals surface area (Å²) in [6, 6.07) is 7.81. The molecule has 0 bridgehead atoms. The van der Waals surface area contributed by atoms with Crippen LogP contribution in [0.2, 0.25) is 0 Å². The first kappa shape index (κ1) is 15.3. The number of fused-ring (bicyclic) bond motifs is 1. The lowest BCUT2D eigenvalue weighted by Gasteiger charge is -2.07. The molecule has 0 N–H and O–H groups in total. The Kier molecular flexibility index (Phi) is 4.01. The van der Waals surface area contributed by atoms with E-state index >= 15 is 0 Å². The van der Waals surface area contributed by atoms with Crippen molar-refractivity contribution in [2.24, 2.45) is 0 Å². The van der Waals surface area contributed by atoms with Gasteiger partial charge < -0.3 is 4.57 Å². The van der Waals surface area contributed by atoms with Gasteiger partial charge in [-0.15, -0.1) is 0 Å². The fourth-order valence-corrected chi connectivity index (χ4v) is 3.20. The Bertz CT molecular complexity index is 994. The van der Waals surface area contributed by atoms with Crippen molar-refractivity contribution in [1.82, 2.24) is 24.1 Å². The number of imidazole rings is 2. The average Bonchev–Trinajstić information content (AvgIpc) is 3.22. The molecule has 4 rings (SSSR count).